The number of halogens is 1. The van der Waals surface area contributed by atoms with E-state index in [1.54, 1.807) is 24.3 Å². The van der Waals surface area contributed by atoms with E-state index in [-0.39, 0.29) is 5.57 Å². The highest BCUT2D eigenvalue weighted by Gasteiger charge is 2.09. The van der Waals surface area contributed by atoms with E-state index in [9.17, 15) is 10.1 Å². The third-order valence-corrected chi connectivity index (χ3v) is 4.21. The van der Waals surface area contributed by atoms with E-state index in [2.05, 4.69) is 26.6 Å². The molecular formula is C22H16BrN3O2. The van der Waals surface area contributed by atoms with Crippen LogP contribution in [-0.2, 0) is 4.79 Å². The Hall–Kier alpha value is -3.56. The fourth-order valence-corrected chi connectivity index (χ4v) is 2.54. The fourth-order valence-electron chi connectivity index (χ4n) is 2.28. The van der Waals surface area contributed by atoms with Gasteiger partial charge in [0.2, 0.25) is 0 Å². The van der Waals surface area contributed by atoms with Crippen molar-refractivity contribution in [1.82, 2.24) is 0 Å². The van der Waals surface area contributed by atoms with Crippen LogP contribution in [0.15, 0.2) is 95.1 Å². The second-order valence-electron chi connectivity index (χ2n) is 5.71. The number of hydrogen-bond donors (Lipinski definition) is 2. The molecule has 5 nitrogen and oxygen atoms in total. The molecule has 0 saturated heterocycles. The summed E-state index contributed by atoms with van der Waals surface area (Å²) < 4.78 is 6.66. The second-order valence-corrected chi connectivity index (χ2v) is 6.63. The minimum absolute atomic E-state index is 0.0347. The van der Waals surface area contributed by atoms with Crippen LogP contribution < -0.4 is 15.4 Å². The Morgan fingerprint density at radius 2 is 1.50 bits per heavy atom. The summed E-state index contributed by atoms with van der Waals surface area (Å²) >= 11 is 3.35. The molecule has 0 radical (unpaired) electrons. The topological polar surface area (TPSA) is 74.2 Å². The molecule has 0 bridgehead atoms. The molecule has 1 amide bonds. The van der Waals surface area contributed by atoms with Gasteiger partial charge in [-0.15, -0.1) is 0 Å². The van der Waals surface area contributed by atoms with Crippen molar-refractivity contribution in [3.63, 3.8) is 0 Å². The number of anilines is 2. The first-order valence-corrected chi connectivity index (χ1v) is 9.20. The number of nitriles is 1. The maximum atomic E-state index is 12.3. The molecule has 0 aliphatic heterocycles. The van der Waals surface area contributed by atoms with Crippen LogP contribution in [0.5, 0.6) is 11.5 Å². The Balaban J connectivity index is 1.61. The summed E-state index contributed by atoms with van der Waals surface area (Å²) in [6.07, 6.45) is 1.38. The van der Waals surface area contributed by atoms with Gasteiger partial charge in [-0.3, -0.25) is 4.79 Å². The largest absolute Gasteiger partial charge is 0.457 e. The van der Waals surface area contributed by atoms with E-state index in [1.807, 2.05) is 60.7 Å². The van der Waals surface area contributed by atoms with Crippen LogP contribution >= 0.6 is 15.9 Å². The molecular weight excluding hydrogens is 418 g/mol. The van der Waals surface area contributed by atoms with Crippen molar-refractivity contribution < 1.29 is 9.53 Å². The van der Waals surface area contributed by atoms with E-state index in [0.29, 0.717) is 11.4 Å². The Morgan fingerprint density at radius 1 is 0.893 bits per heavy atom. The molecule has 0 atom stereocenters. The highest BCUT2D eigenvalue weighted by atomic mass is 79.9. The molecule has 0 aliphatic rings. The van der Waals surface area contributed by atoms with Gasteiger partial charge in [0.05, 0.1) is 0 Å². The number of carbonyl (C=O) groups excluding carboxylic acids is 1. The van der Waals surface area contributed by atoms with Crippen LogP contribution in [0.1, 0.15) is 0 Å². The van der Waals surface area contributed by atoms with Gasteiger partial charge in [0.1, 0.15) is 23.1 Å². The number of carbonyl (C=O) groups is 1. The minimum Gasteiger partial charge on any atom is -0.457 e. The molecule has 0 unspecified atom stereocenters. The minimum atomic E-state index is -0.496. The van der Waals surface area contributed by atoms with E-state index >= 15 is 0 Å². The first-order chi connectivity index (χ1) is 13.6. The molecule has 28 heavy (non-hydrogen) atoms. The summed E-state index contributed by atoms with van der Waals surface area (Å²) in [4.78, 5) is 12.3. The summed E-state index contributed by atoms with van der Waals surface area (Å²) in [5.74, 6) is 0.883. The standard InChI is InChI=1S/C22H16BrN3O2/c23-17-6-8-18(9-7-17)25-15-16(14-24)22(27)26-19-10-12-21(13-11-19)28-20-4-2-1-3-5-20/h1-13,15,25H,(H,26,27)/b16-15-. The second kappa shape index (κ2) is 9.40. The molecule has 0 fully saturated rings. The third kappa shape index (κ3) is 5.47. The normalized spacial score (nSPS) is 10.6. The predicted molar refractivity (Wildman–Crippen MR) is 113 cm³/mol. The number of amides is 1. The lowest BCUT2D eigenvalue weighted by Crippen LogP contribution is -2.14. The Morgan fingerprint density at radius 3 is 2.14 bits per heavy atom. The first kappa shape index (κ1) is 19.2. The van der Waals surface area contributed by atoms with Gasteiger partial charge >= 0.3 is 0 Å². The third-order valence-electron chi connectivity index (χ3n) is 3.68. The zero-order valence-electron chi connectivity index (χ0n) is 14.7. The van der Waals surface area contributed by atoms with Crippen LogP contribution in [0.25, 0.3) is 0 Å². The van der Waals surface area contributed by atoms with E-state index in [0.717, 1.165) is 15.9 Å². The van der Waals surface area contributed by atoms with Crippen molar-refractivity contribution in [2.24, 2.45) is 0 Å². The molecule has 3 aromatic carbocycles. The number of rotatable bonds is 6. The van der Waals surface area contributed by atoms with Crippen LogP contribution in [0.2, 0.25) is 0 Å². The number of ether oxygens (including phenoxy) is 1. The highest BCUT2D eigenvalue weighted by Crippen LogP contribution is 2.23. The average molecular weight is 434 g/mol. The van der Waals surface area contributed by atoms with Gasteiger partial charge < -0.3 is 15.4 Å². The molecule has 2 N–H and O–H groups in total. The van der Waals surface area contributed by atoms with Crippen molar-refractivity contribution in [2.45, 2.75) is 0 Å². The Bertz CT molecular complexity index is 1010. The number of para-hydroxylation sites is 1. The van der Waals surface area contributed by atoms with Crippen molar-refractivity contribution in [2.75, 3.05) is 10.6 Å². The van der Waals surface area contributed by atoms with Crippen LogP contribution in [0.4, 0.5) is 11.4 Å². The Kier molecular flexibility index (Phi) is 6.45. The quantitative estimate of drug-likeness (QED) is 0.386. The molecule has 0 aliphatic carbocycles. The monoisotopic (exact) mass is 433 g/mol. The summed E-state index contributed by atoms with van der Waals surface area (Å²) in [5.41, 5.74) is 1.30. The van der Waals surface area contributed by atoms with Crippen molar-refractivity contribution in [1.29, 1.82) is 5.26 Å². The SMILES string of the molecule is N#C/C(=C/Nc1ccc(Br)cc1)C(=O)Nc1ccc(Oc2ccccc2)cc1. The summed E-state index contributed by atoms with van der Waals surface area (Å²) in [5, 5.41) is 14.9. The van der Waals surface area contributed by atoms with Crippen molar-refractivity contribution in [3.05, 3.63) is 95.1 Å². The van der Waals surface area contributed by atoms with Gasteiger partial charge in [-0.05, 0) is 60.7 Å². The zero-order chi connectivity index (χ0) is 19.8. The van der Waals surface area contributed by atoms with Crippen LogP contribution in [-0.4, -0.2) is 5.91 Å². The first-order valence-electron chi connectivity index (χ1n) is 8.41. The summed E-state index contributed by atoms with van der Waals surface area (Å²) in [7, 11) is 0. The lowest BCUT2D eigenvalue weighted by molar-refractivity contribution is -0.112. The molecule has 3 aromatic rings. The van der Waals surface area contributed by atoms with Crippen molar-refractivity contribution >= 4 is 33.2 Å². The van der Waals surface area contributed by atoms with Crippen LogP contribution in [0, 0.1) is 11.3 Å². The number of nitrogens with one attached hydrogen (secondary N) is 2. The van der Waals surface area contributed by atoms with E-state index in [1.165, 1.54) is 6.20 Å². The lowest BCUT2D eigenvalue weighted by atomic mass is 10.2. The molecule has 6 heteroatoms. The molecule has 0 aromatic heterocycles. The molecule has 0 saturated carbocycles. The molecule has 0 heterocycles. The number of benzene rings is 3. The summed E-state index contributed by atoms with van der Waals surface area (Å²) in [6.45, 7) is 0. The van der Waals surface area contributed by atoms with E-state index < -0.39 is 5.91 Å². The Labute approximate surface area is 171 Å². The lowest BCUT2D eigenvalue weighted by Gasteiger charge is -2.08. The van der Waals surface area contributed by atoms with Gasteiger partial charge in [0.15, 0.2) is 0 Å². The predicted octanol–water partition coefficient (Wildman–Crippen LogP) is 5.70. The van der Waals surface area contributed by atoms with Gasteiger partial charge in [-0.1, -0.05) is 34.1 Å². The van der Waals surface area contributed by atoms with Crippen LogP contribution in [0.3, 0.4) is 0 Å². The summed E-state index contributed by atoms with van der Waals surface area (Å²) in [6, 6.07) is 25.6. The van der Waals surface area contributed by atoms with Gasteiger partial charge in [0, 0.05) is 22.0 Å². The molecule has 138 valence electrons. The molecule has 0 spiro atoms. The van der Waals surface area contributed by atoms with Gasteiger partial charge in [0.25, 0.3) is 5.91 Å². The maximum Gasteiger partial charge on any atom is 0.267 e. The zero-order valence-corrected chi connectivity index (χ0v) is 16.3. The number of hydrogen-bond acceptors (Lipinski definition) is 4. The van der Waals surface area contributed by atoms with Crippen molar-refractivity contribution in [3.8, 4) is 17.6 Å². The fraction of sp³-hybridized carbons (Fsp3) is 0. The number of nitrogens with zero attached hydrogens (tertiary/aromatic N) is 1. The maximum absolute atomic E-state index is 12.3. The average Bonchev–Trinajstić information content (AvgIpc) is 2.72. The van der Waals surface area contributed by atoms with Gasteiger partial charge in [-0.25, -0.2) is 0 Å². The molecule has 3 rings (SSSR count). The highest BCUT2D eigenvalue weighted by molar-refractivity contribution is 9.10. The van der Waals surface area contributed by atoms with E-state index in [4.69, 9.17) is 4.74 Å². The van der Waals surface area contributed by atoms with Gasteiger partial charge in [-0.2, -0.15) is 5.26 Å². The smallest absolute Gasteiger partial charge is 0.267 e.